The highest BCUT2D eigenvalue weighted by Crippen LogP contribution is 2.05. The average molecular weight is 220 g/mol. The van der Waals surface area contributed by atoms with E-state index in [9.17, 15) is 9.59 Å². The maximum Gasteiger partial charge on any atom is 0.328 e. The molecule has 0 aliphatic rings. The predicted octanol–water partition coefficient (Wildman–Crippen LogP) is 1.36. The van der Waals surface area contributed by atoms with Crippen molar-refractivity contribution in [3.8, 4) is 0 Å². The number of carbonyl (C=O) groups is 2. The summed E-state index contributed by atoms with van der Waals surface area (Å²) in [6.45, 7) is 3.31. The van der Waals surface area contributed by atoms with Crippen molar-refractivity contribution in [3.63, 3.8) is 0 Å². The third-order valence-corrected chi connectivity index (χ3v) is 1.85. The molecule has 0 aliphatic carbocycles. The lowest BCUT2D eigenvalue weighted by Gasteiger charge is -2.03. The molecule has 0 aromatic carbocycles. The van der Waals surface area contributed by atoms with Crippen molar-refractivity contribution in [2.24, 2.45) is 0 Å². The number of rotatable bonds is 3. The first-order valence-corrected chi connectivity index (χ1v) is 4.64. The summed E-state index contributed by atoms with van der Waals surface area (Å²) in [5.41, 5.74) is 1.10. The van der Waals surface area contributed by atoms with Crippen molar-refractivity contribution >= 4 is 17.7 Å². The molecular weight excluding hydrogens is 208 g/mol. The number of nitrogens with zero attached hydrogens (tertiary/aromatic N) is 1. The Morgan fingerprint density at radius 3 is 2.62 bits per heavy atom. The van der Waals surface area contributed by atoms with Crippen molar-refractivity contribution < 1.29 is 14.7 Å². The molecule has 0 saturated carbocycles. The normalized spacial score (nSPS) is 11.0. The molecule has 1 rings (SSSR count). The predicted molar refractivity (Wildman–Crippen MR) is 59.0 cm³/mol. The Hall–Kier alpha value is -2.17. The minimum absolute atomic E-state index is 0.120. The zero-order chi connectivity index (χ0) is 12.1. The third kappa shape index (κ3) is 3.53. The molecule has 1 amide bonds. The maximum absolute atomic E-state index is 11.5. The van der Waals surface area contributed by atoms with Crippen molar-refractivity contribution in [1.82, 2.24) is 4.98 Å². The first-order valence-electron chi connectivity index (χ1n) is 4.64. The summed E-state index contributed by atoms with van der Waals surface area (Å²) in [7, 11) is 0. The number of carbonyl (C=O) groups excluding carboxylic acids is 1. The third-order valence-electron chi connectivity index (χ3n) is 1.85. The summed E-state index contributed by atoms with van der Waals surface area (Å²) in [5, 5.41) is 11.0. The van der Waals surface area contributed by atoms with Crippen LogP contribution in [-0.4, -0.2) is 22.0 Å². The maximum atomic E-state index is 11.5. The Labute approximate surface area is 92.8 Å². The van der Waals surface area contributed by atoms with Gasteiger partial charge < -0.3 is 10.4 Å². The Kier molecular flexibility index (Phi) is 3.77. The second-order valence-electron chi connectivity index (χ2n) is 3.34. The molecule has 5 heteroatoms. The van der Waals surface area contributed by atoms with Gasteiger partial charge in [-0.3, -0.25) is 4.79 Å². The van der Waals surface area contributed by atoms with Crippen molar-refractivity contribution in [1.29, 1.82) is 0 Å². The molecule has 0 bridgehead atoms. The Balaban J connectivity index is 2.71. The minimum Gasteiger partial charge on any atom is -0.478 e. The summed E-state index contributed by atoms with van der Waals surface area (Å²) >= 11 is 0. The summed E-state index contributed by atoms with van der Waals surface area (Å²) in [6.07, 6.45) is 2.47. The van der Waals surface area contributed by atoms with Crippen LogP contribution in [0.2, 0.25) is 0 Å². The minimum atomic E-state index is -1.15. The first kappa shape index (κ1) is 11.9. The highest BCUT2D eigenvalue weighted by atomic mass is 16.4. The van der Waals surface area contributed by atoms with E-state index in [2.05, 4.69) is 10.3 Å². The van der Waals surface area contributed by atoms with E-state index in [0.29, 0.717) is 5.82 Å². The highest BCUT2D eigenvalue weighted by Gasteiger charge is 2.06. The number of anilines is 1. The monoisotopic (exact) mass is 220 g/mol. The van der Waals surface area contributed by atoms with Crippen LogP contribution in [0.1, 0.15) is 12.5 Å². The fraction of sp³-hybridized carbons (Fsp3) is 0.182. The van der Waals surface area contributed by atoms with E-state index in [-0.39, 0.29) is 5.57 Å². The SMILES string of the molecule is C/C(=C\C(=O)O)C(=O)Nc1ccc(C)cn1. The van der Waals surface area contributed by atoms with E-state index < -0.39 is 11.9 Å². The van der Waals surface area contributed by atoms with E-state index in [1.165, 1.54) is 6.92 Å². The van der Waals surface area contributed by atoms with Gasteiger partial charge in [0.25, 0.3) is 5.91 Å². The van der Waals surface area contributed by atoms with Crippen molar-refractivity contribution in [2.75, 3.05) is 5.32 Å². The number of hydrogen-bond donors (Lipinski definition) is 2. The Morgan fingerprint density at radius 2 is 2.12 bits per heavy atom. The van der Waals surface area contributed by atoms with E-state index >= 15 is 0 Å². The number of hydrogen-bond acceptors (Lipinski definition) is 3. The van der Waals surface area contributed by atoms with Gasteiger partial charge in [-0.25, -0.2) is 9.78 Å². The quantitative estimate of drug-likeness (QED) is 0.754. The number of aliphatic carboxylic acids is 1. The van der Waals surface area contributed by atoms with Crippen LogP contribution >= 0.6 is 0 Å². The standard InChI is InChI=1S/C11H12N2O3/c1-7-3-4-9(12-6-7)13-11(16)8(2)5-10(14)15/h3-6H,1-2H3,(H,14,15)(H,12,13,16)/b8-5+. The van der Waals surface area contributed by atoms with Crippen molar-refractivity contribution in [3.05, 3.63) is 35.5 Å². The second-order valence-corrected chi connectivity index (χ2v) is 3.34. The number of aryl methyl sites for hydroxylation is 1. The number of carboxylic acid groups (broad SMARTS) is 1. The molecule has 1 aromatic rings. The summed E-state index contributed by atoms with van der Waals surface area (Å²) in [6, 6.07) is 3.46. The molecule has 0 radical (unpaired) electrons. The molecule has 0 fully saturated rings. The summed E-state index contributed by atoms with van der Waals surface area (Å²) < 4.78 is 0. The molecular formula is C11H12N2O3. The molecule has 2 N–H and O–H groups in total. The van der Waals surface area contributed by atoms with Gasteiger partial charge in [-0.05, 0) is 25.5 Å². The molecule has 5 nitrogen and oxygen atoms in total. The van der Waals surface area contributed by atoms with Gasteiger partial charge in [-0.1, -0.05) is 6.07 Å². The number of aromatic nitrogens is 1. The zero-order valence-electron chi connectivity index (χ0n) is 9.02. The van der Waals surface area contributed by atoms with Crippen LogP contribution in [-0.2, 0) is 9.59 Å². The molecule has 0 aliphatic heterocycles. The molecule has 84 valence electrons. The number of amides is 1. The molecule has 0 saturated heterocycles. The van der Waals surface area contributed by atoms with Crippen molar-refractivity contribution in [2.45, 2.75) is 13.8 Å². The van der Waals surface area contributed by atoms with E-state index in [1.807, 2.05) is 6.92 Å². The highest BCUT2D eigenvalue weighted by molar-refractivity contribution is 6.05. The average Bonchev–Trinajstić information content (AvgIpc) is 2.20. The summed E-state index contributed by atoms with van der Waals surface area (Å²) in [5.74, 6) is -1.22. The lowest BCUT2D eigenvalue weighted by atomic mass is 10.2. The zero-order valence-corrected chi connectivity index (χ0v) is 9.02. The van der Waals surface area contributed by atoms with E-state index in [1.54, 1.807) is 18.3 Å². The van der Waals surface area contributed by atoms with Crippen LogP contribution in [0.5, 0.6) is 0 Å². The van der Waals surface area contributed by atoms with Crippen LogP contribution < -0.4 is 5.32 Å². The number of carboxylic acids is 1. The first-order chi connectivity index (χ1) is 7.49. The van der Waals surface area contributed by atoms with Crippen LogP contribution in [0.15, 0.2) is 30.0 Å². The lowest BCUT2D eigenvalue weighted by Crippen LogP contribution is -2.14. The summed E-state index contributed by atoms with van der Waals surface area (Å²) in [4.78, 5) is 25.8. The largest absolute Gasteiger partial charge is 0.478 e. The van der Waals surface area contributed by atoms with Gasteiger partial charge in [-0.2, -0.15) is 0 Å². The lowest BCUT2D eigenvalue weighted by molar-refractivity contribution is -0.131. The smallest absolute Gasteiger partial charge is 0.328 e. The number of pyridine rings is 1. The fourth-order valence-electron chi connectivity index (χ4n) is 1.01. The van der Waals surface area contributed by atoms with Gasteiger partial charge in [-0.15, -0.1) is 0 Å². The Morgan fingerprint density at radius 1 is 1.44 bits per heavy atom. The van der Waals surface area contributed by atoms with Gasteiger partial charge in [0.15, 0.2) is 0 Å². The number of nitrogens with one attached hydrogen (secondary N) is 1. The van der Waals surface area contributed by atoms with Gasteiger partial charge in [0, 0.05) is 17.8 Å². The second kappa shape index (κ2) is 5.06. The van der Waals surface area contributed by atoms with Gasteiger partial charge in [0.2, 0.25) is 0 Å². The molecule has 0 unspecified atom stereocenters. The van der Waals surface area contributed by atoms with Crippen LogP contribution in [0.25, 0.3) is 0 Å². The van der Waals surface area contributed by atoms with Gasteiger partial charge in [0.05, 0.1) is 0 Å². The molecule has 0 atom stereocenters. The molecule has 0 spiro atoms. The molecule has 1 heterocycles. The van der Waals surface area contributed by atoms with E-state index in [4.69, 9.17) is 5.11 Å². The topological polar surface area (TPSA) is 79.3 Å². The van der Waals surface area contributed by atoms with Gasteiger partial charge >= 0.3 is 5.97 Å². The van der Waals surface area contributed by atoms with Crippen LogP contribution in [0.3, 0.4) is 0 Å². The van der Waals surface area contributed by atoms with Gasteiger partial charge in [0.1, 0.15) is 5.82 Å². The van der Waals surface area contributed by atoms with Crippen LogP contribution in [0, 0.1) is 6.92 Å². The molecule has 1 aromatic heterocycles. The molecule has 16 heavy (non-hydrogen) atoms. The fourth-order valence-corrected chi connectivity index (χ4v) is 1.01. The van der Waals surface area contributed by atoms with Crippen LogP contribution in [0.4, 0.5) is 5.82 Å². The Bertz CT molecular complexity index is 435. The van der Waals surface area contributed by atoms with E-state index in [0.717, 1.165) is 11.6 Å².